The maximum absolute atomic E-state index is 13.5. The van der Waals surface area contributed by atoms with Gasteiger partial charge in [0.1, 0.15) is 24.4 Å². The molecule has 1 fully saturated rings. The summed E-state index contributed by atoms with van der Waals surface area (Å²) in [5, 5.41) is 57.3. The lowest BCUT2D eigenvalue weighted by atomic mass is 9.99. The van der Waals surface area contributed by atoms with Crippen LogP contribution in [-0.4, -0.2) is 99.6 Å². The van der Waals surface area contributed by atoms with E-state index in [0.717, 1.165) is 83.5 Å². The molecule has 1 rings (SSSR count). The molecule has 0 aromatic carbocycles. The number of esters is 1. The highest BCUT2D eigenvalue weighted by Crippen LogP contribution is 2.26. The van der Waals surface area contributed by atoms with Gasteiger partial charge in [-0.3, -0.25) is 9.59 Å². The highest BCUT2D eigenvalue weighted by molar-refractivity contribution is 5.80. The first-order valence-corrected chi connectivity index (χ1v) is 36.4. The second kappa shape index (κ2) is 61.8. The van der Waals surface area contributed by atoms with E-state index in [4.69, 9.17) is 14.2 Å². The highest BCUT2D eigenvalue weighted by atomic mass is 16.7. The van der Waals surface area contributed by atoms with Gasteiger partial charge in [0.15, 0.2) is 12.4 Å². The lowest BCUT2D eigenvalue weighted by molar-refractivity contribution is -0.305. The average Bonchev–Trinajstić information content (AvgIpc) is 3.21. The van der Waals surface area contributed by atoms with Crippen LogP contribution in [0.5, 0.6) is 0 Å². The molecule has 11 heteroatoms. The Hall–Kier alpha value is -2.38. The third-order valence-electron chi connectivity index (χ3n) is 17.2. The normalized spacial score (nSPS) is 18.6. The summed E-state index contributed by atoms with van der Waals surface area (Å²) < 4.78 is 17.7. The van der Waals surface area contributed by atoms with Gasteiger partial charge in [0.05, 0.1) is 25.4 Å². The molecule has 11 nitrogen and oxygen atoms in total. The monoisotopic (exact) mass is 1200 g/mol. The first-order chi connectivity index (χ1) is 41.7. The Morgan fingerprint density at radius 1 is 0.459 bits per heavy atom. The van der Waals surface area contributed by atoms with Gasteiger partial charge in [-0.05, 0) is 64.2 Å². The van der Waals surface area contributed by atoms with Crippen LogP contribution in [0.25, 0.3) is 0 Å². The van der Waals surface area contributed by atoms with E-state index in [1.54, 1.807) is 6.08 Å². The number of hydrogen-bond donors (Lipinski definition) is 6. The smallest absolute Gasteiger partial charge is 0.306 e. The zero-order chi connectivity index (χ0) is 61.7. The molecule has 8 unspecified atom stereocenters. The second-order valence-corrected chi connectivity index (χ2v) is 25.3. The molecule has 0 aliphatic carbocycles. The number of amides is 1. The molecule has 0 aromatic rings. The van der Waals surface area contributed by atoms with Crippen LogP contribution in [0.4, 0.5) is 0 Å². The van der Waals surface area contributed by atoms with Crippen LogP contribution in [0.3, 0.4) is 0 Å². The third kappa shape index (κ3) is 49.1. The van der Waals surface area contributed by atoms with Gasteiger partial charge in [0.2, 0.25) is 5.91 Å². The molecule has 6 N–H and O–H groups in total. The first kappa shape index (κ1) is 80.6. The summed E-state index contributed by atoms with van der Waals surface area (Å²) in [5.41, 5.74) is 0. The fraction of sp³-hybridized carbons (Fsp3) is 0.865. The maximum atomic E-state index is 13.5. The third-order valence-corrected chi connectivity index (χ3v) is 17.2. The van der Waals surface area contributed by atoms with Crippen LogP contribution in [-0.2, 0) is 23.8 Å². The van der Waals surface area contributed by atoms with Crippen molar-refractivity contribution in [2.24, 2.45) is 0 Å². The maximum Gasteiger partial charge on any atom is 0.306 e. The molecule has 8 atom stereocenters. The number of rotatable bonds is 63. The van der Waals surface area contributed by atoms with E-state index < -0.39 is 67.4 Å². The molecule has 0 spiro atoms. The number of hydrogen-bond acceptors (Lipinski definition) is 10. The molecule has 1 heterocycles. The predicted octanol–water partition coefficient (Wildman–Crippen LogP) is 18.7. The number of carbonyl (C=O) groups is 2. The number of unbranched alkanes of at least 4 members (excludes halogenated alkanes) is 43. The standard InChI is InChI=1S/C74H137NO10/c1-4-7-10-13-16-19-22-25-27-29-31-32-33-34-35-36-37-39-41-44-47-50-53-56-59-62-69(79)85-72-71(81)70(80)68(63-76)84-74(72)83-64-65(66(77)60-57-54-51-48-45-42-24-21-18-15-12-9-6-3)75-73(82)67(78)61-58-55-52-49-46-43-40-38-30-28-26-23-20-17-14-11-8-5-2/h17,20,26,28,38,40,57,60,65-68,70-72,74,76-78,80-81H,4-16,18-19,21-25,27,29-37,39,41-56,58-59,61-64H2,1-3H3,(H,75,82)/b20-17-,28-26-,40-38-,60-57+. The Morgan fingerprint density at radius 3 is 1.24 bits per heavy atom. The van der Waals surface area contributed by atoms with Crippen molar-refractivity contribution < 1.29 is 49.3 Å². The van der Waals surface area contributed by atoms with Crippen LogP contribution in [0.2, 0.25) is 0 Å². The summed E-state index contributed by atoms with van der Waals surface area (Å²) in [4.78, 5) is 26.7. The van der Waals surface area contributed by atoms with Crippen molar-refractivity contribution in [1.29, 1.82) is 0 Å². The molecule has 0 radical (unpaired) electrons. The number of aliphatic hydroxyl groups excluding tert-OH is 5. The van der Waals surface area contributed by atoms with E-state index in [1.165, 1.54) is 218 Å². The molecule has 1 aliphatic rings. The van der Waals surface area contributed by atoms with Crippen LogP contribution in [0, 0.1) is 0 Å². The second-order valence-electron chi connectivity index (χ2n) is 25.3. The Bertz CT molecular complexity index is 1570. The number of nitrogens with one attached hydrogen (secondary N) is 1. The van der Waals surface area contributed by atoms with E-state index in [9.17, 15) is 35.1 Å². The Kier molecular flexibility index (Phi) is 58.7. The minimum absolute atomic E-state index is 0.126. The van der Waals surface area contributed by atoms with E-state index >= 15 is 0 Å². The predicted molar refractivity (Wildman–Crippen MR) is 357 cm³/mol. The van der Waals surface area contributed by atoms with E-state index in [-0.39, 0.29) is 19.4 Å². The molecule has 0 aromatic heterocycles. The molecule has 0 bridgehead atoms. The minimum Gasteiger partial charge on any atom is -0.454 e. The minimum atomic E-state index is -1.62. The number of ether oxygens (including phenoxy) is 3. The van der Waals surface area contributed by atoms with E-state index in [0.29, 0.717) is 12.8 Å². The Morgan fingerprint density at radius 2 is 0.812 bits per heavy atom. The largest absolute Gasteiger partial charge is 0.454 e. The summed E-state index contributed by atoms with van der Waals surface area (Å²) in [6.45, 7) is 5.81. The summed E-state index contributed by atoms with van der Waals surface area (Å²) in [7, 11) is 0. The van der Waals surface area contributed by atoms with E-state index in [1.807, 2.05) is 6.08 Å². The van der Waals surface area contributed by atoms with Crippen LogP contribution < -0.4 is 5.32 Å². The highest BCUT2D eigenvalue weighted by Gasteiger charge is 2.47. The fourth-order valence-corrected chi connectivity index (χ4v) is 11.5. The fourth-order valence-electron chi connectivity index (χ4n) is 11.5. The molecule has 85 heavy (non-hydrogen) atoms. The summed E-state index contributed by atoms with van der Waals surface area (Å²) in [6, 6.07) is -1.03. The van der Waals surface area contributed by atoms with Gasteiger partial charge in [0, 0.05) is 6.42 Å². The summed E-state index contributed by atoms with van der Waals surface area (Å²) >= 11 is 0. The van der Waals surface area contributed by atoms with Crippen molar-refractivity contribution in [2.75, 3.05) is 13.2 Å². The quantitative estimate of drug-likeness (QED) is 0.0195. The zero-order valence-electron chi connectivity index (χ0n) is 55.5. The van der Waals surface area contributed by atoms with Crippen LogP contribution >= 0.6 is 0 Å². The lowest BCUT2D eigenvalue weighted by Crippen LogP contribution is -2.61. The van der Waals surface area contributed by atoms with Gasteiger partial charge in [-0.1, -0.05) is 326 Å². The Balaban J connectivity index is 2.56. The summed E-state index contributed by atoms with van der Waals surface area (Å²) in [5.74, 6) is -1.19. The molecule has 0 saturated carbocycles. The van der Waals surface area contributed by atoms with Crippen molar-refractivity contribution >= 4 is 11.9 Å². The lowest BCUT2D eigenvalue weighted by Gasteiger charge is -2.41. The van der Waals surface area contributed by atoms with Crippen molar-refractivity contribution in [3.05, 3.63) is 48.6 Å². The van der Waals surface area contributed by atoms with Crippen molar-refractivity contribution in [2.45, 2.75) is 397 Å². The van der Waals surface area contributed by atoms with Gasteiger partial charge in [0.25, 0.3) is 0 Å². The molecular weight excluding hydrogens is 1060 g/mol. The van der Waals surface area contributed by atoms with Crippen molar-refractivity contribution in [3.8, 4) is 0 Å². The number of allylic oxidation sites excluding steroid dienone is 7. The van der Waals surface area contributed by atoms with Gasteiger partial charge >= 0.3 is 5.97 Å². The number of aliphatic hydroxyl groups is 5. The van der Waals surface area contributed by atoms with E-state index in [2.05, 4.69) is 62.5 Å². The van der Waals surface area contributed by atoms with Crippen molar-refractivity contribution in [1.82, 2.24) is 5.32 Å². The SMILES string of the molecule is CCCCC/C=C\C/C=C\C/C=C\CCCCCCCC(O)C(=O)NC(COC1OC(CO)C(O)C(O)C1OC(=O)CCCCCCCCCCCCCCCCCCCCCCCCCCC)C(O)/C=C/CCCCCCCCCCCCC. The van der Waals surface area contributed by atoms with Crippen molar-refractivity contribution in [3.63, 3.8) is 0 Å². The van der Waals surface area contributed by atoms with Gasteiger partial charge in [-0.2, -0.15) is 0 Å². The average molecular weight is 1200 g/mol. The molecular formula is C74H137NO10. The number of carbonyl (C=O) groups excluding carboxylic acids is 2. The molecule has 1 aliphatic heterocycles. The molecule has 1 amide bonds. The Labute approximate surface area is 523 Å². The van der Waals surface area contributed by atoms with Crippen LogP contribution in [0.1, 0.15) is 348 Å². The van der Waals surface area contributed by atoms with Crippen LogP contribution in [0.15, 0.2) is 48.6 Å². The zero-order valence-corrected chi connectivity index (χ0v) is 55.5. The summed E-state index contributed by atoms with van der Waals surface area (Å²) in [6.07, 6.45) is 67.3. The van der Waals surface area contributed by atoms with Gasteiger partial charge < -0.3 is 45.1 Å². The molecule has 1 saturated heterocycles. The molecule has 498 valence electrons. The van der Waals surface area contributed by atoms with Gasteiger partial charge in [-0.25, -0.2) is 0 Å². The first-order valence-electron chi connectivity index (χ1n) is 36.4. The van der Waals surface area contributed by atoms with Gasteiger partial charge in [-0.15, -0.1) is 0 Å². The topological polar surface area (TPSA) is 175 Å².